The molecule has 3 aromatic rings. The van der Waals surface area contributed by atoms with Crippen LogP contribution in [0.25, 0.3) is 11.1 Å². The van der Waals surface area contributed by atoms with E-state index in [9.17, 15) is 18.8 Å². The summed E-state index contributed by atoms with van der Waals surface area (Å²) in [5.74, 6) is -1.14. The number of ether oxygens (including phenoxy) is 1. The Morgan fingerprint density at radius 2 is 1.78 bits per heavy atom. The highest BCUT2D eigenvalue weighted by Gasteiger charge is 2.37. The molecule has 3 rings (SSSR count). The molecule has 0 aliphatic heterocycles. The summed E-state index contributed by atoms with van der Waals surface area (Å²) < 4.78 is 36.8. The molecule has 0 saturated heterocycles. The minimum atomic E-state index is -1.10. The molecule has 1 heterocycles. The maximum atomic E-state index is 15.1. The lowest BCUT2D eigenvalue weighted by molar-refractivity contribution is -0.138. The van der Waals surface area contributed by atoms with Crippen LogP contribution in [0.3, 0.4) is 0 Å². The van der Waals surface area contributed by atoms with Crippen LogP contribution in [0.2, 0.25) is 0 Å². The zero-order valence-electron chi connectivity index (χ0n) is 29.9. The van der Waals surface area contributed by atoms with E-state index < -0.39 is 51.2 Å². The lowest BCUT2D eigenvalue weighted by Gasteiger charge is -2.41. The molecule has 4 N–H and O–H groups in total. The molecule has 0 fully saturated rings. The van der Waals surface area contributed by atoms with E-state index >= 15 is 4.39 Å². The van der Waals surface area contributed by atoms with E-state index in [2.05, 4.69) is 24.1 Å². The van der Waals surface area contributed by atoms with Gasteiger partial charge in [-0.25, -0.2) is 23.6 Å². The Labute approximate surface area is 300 Å². The molecule has 0 bridgehead atoms. The third-order valence-electron chi connectivity index (χ3n) is 7.99. The number of aromatic nitrogens is 1. The van der Waals surface area contributed by atoms with E-state index in [4.69, 9.17) is 15.6 Å². The fourth-order valence-electron chi connectivity index (χ4n) is 5.46. The average Bonchev–Trinajstić information content (AvgIpc) is 3.43. The number of carbonyl (C=O) groups excluding carboxylic acids is 2. The van der Waals surface area contributed by atoms with E-state index in [1.807, 2.05) is 61.7 Å². The monoisotopic (exact) mass is 734 g/mol. The summed E-state index contributed by atoms with van der Waals surface area (Å²) in [6.07, 6.45) is 8.37. The molecule has 0 radical (unpaired) electrons. The first-order valence-corrected chi connectivity index (χ1v) is 20.8. The maximum absolute atomic E-state index is 15.1. The minimum absolute atomic E-state index is 0.0777. The van der Waals surface area contributed by atoms with Gasteiger partial charge in [0, 0.05) is 48.4 Å². The van der Waals surface area contributed by atoms with E-state index in [0.717, 1.165) is 29.1 Å². The van der Waals surface area contributed by atoms with Gasteiger partial charge in [-0.05, 0) is 72.6 Å². The van der Waals surface area contributed by atoms with Crippen LogP contribution in [0.5, 0.6) is 0 Å². The highest BCUT2D eigenvalue weighted by Crippen LogP contribution is 2.41. The summed E-state index contributed by atoms with van der Waals surface area (Å²) >= 11 is 1.31. The number of aliphatic carboxylic acids is 1. The van der Waals surface area contributed by atoms with Crippen LogP contribution in [0.1, 0.15) is 50.9 Å². The summed E-state index contributed by atoms with van der Waals surface area (Å²) in [4.78, 5) is 39.5. The molecule has 1 aromatic heterocycles. The van der Waals surface area contributed by atoms with Crippen LogP contribution < -0.4 is 11.1 Å². The summed E-state index contributed by atoms with van der Waals surface area (Å²) in [6, 6.07) is 13.4. The molecule has 0 aliphatic carbocycles. The smallest absolute Gasteiger partial charge is 0.407 e. The number of benzene rings is 2. The van der Waals surface area contributed by atoms with E-state index in [1.54, 1.807) is 11.1 Å². The Morgan fingerprint density at radius 3 is 2.42 bits per heavy atom. The largest absolute Gasteiger partial charge is 0.480 e. The van der Waals surface area contributed by atoms with Crippen molar-refractivity contribution >= 4 is 39.8 Å². The molecule has 2 aromatic carbocycles. The summed E-state index contributed by atoms with van der Waals surface area (Å²) in [5.41, 5.74) is 7.47. The maximum Gasteiger partial charge on any atom is 0.407 e. The lowest BCUT2D eigenvalue weighted by atomic mass is 9.83. The van der Waals surface area contributed by atoms with Crippen LogP contribution in [0.15, 0.2) is 60.8 Å². The molecule has 0 spiro atoms. The Hall–Kier alpha value is -3.55. The number of carboxylic acid groups (broad SMARTS) is 1. The number of nitrogens with two attached hydrogens (primary N) is 1. The molecule has 50 heavy (non-hydrogen) atoms. The Bertz CT molecular complexity index is 1570. The highest BCUT2D eigenvalue weighted by molar-refractivity contribution is 8.32. The molecule has 9 nitrogen and oxygen atoms in total. The molecule has 0 aliphatic rings. The zero-order chi connectivity index (χ0) is 37.1. The Kier molecular flexibility index (Phi) is 15.2. The molecule has 2 amide bonds. The zero-order valence-corrected chi connectivity index (χ0v) is 31.5. The molecular formula is C37H52F2N4O5S2. The number of hydrogen-bond donors (Lipinski definition) is 3. The number of carboxylic acids is 1. The summed E-state index contributed by atoms with van der Waals surface area (Å²) in [5, 5.41) is 12.0. The van der Waals surface area contributed by atoms with Crippen molar-refractivity contribution in [2.24, 2.45) is 11.1 Å². The van der Waals surface area contributed by atoms with E-state index in [-0.39, 0.29) is 36.7 Å². The van der Waals surface area contributed by atoms with Gasteiger partial charge in [0.15, 0.2) is 0 Å². The van der Waals surface area contributed by atoms with Crippen LogP contribution in [-0.4, -0.2) is 94.3 Å². The summed E-state index contributed by atoms with van der Waals surface area (Å²) in [6.45, 7) is 7.37. The van der Waals surface area contributed by atoms with E-state index in [0.29, 0.717) is 30.9 Å². The van der Waals surface area contributed by atoms with Crippen molar-refractivity contribution in [1.82, 2.24) is 14.8 Å². The molecule has 13 heteroatoms. The standard InChI is InChI=1S/C37H52F2N4O5S2/c1-37(2,3)34(32-21-27(29-22-28(38)13-14-30(29)39)24-42(32)23-26-11-8-7-9-12-26)43(33(44)25-49-19-15-31(40)35(45)46)17-10-16-41-36(47)48-18-20-50(4,5)6/h7-9,11-14,21-22,24,31,34H,10,15-20,23,25,40H2,1-6H3,(H,41,47)(H,45,46)/t31?,34-/m0/s1. The van der Waals surface area contributed by atoms with Gasteiger partial charge in [-0.2, -0.15) is 11.8 Å². The number of halogens is 2. The normalized spacial score (nSPS) is 13.4. The second-order valence-electron chi connectivity index (χ2n) is 14.2. The van der Waals surface area contributed by atoms with Crippen molar-refractivity contribution in [1.29, 1.82) is 0 Å². The number of thioether (sulfide) groups is 1. The van der Waals surface area contributed by atoms with Gasteiger partial charge in [0.05, 0.1) is 11.8 Å². The second-order valence-corrected chi connectivity index (χ2v) is 19.9. The number of alkyl carbamates (subject to hydrolysis) is 1. The third kappa shape index (κ3) is 13.0. The molecular weight excluding hydrogens is 683 g/mol. The Morgan fingerprint density at radius 1 is 1.08 bits per heavy atom. The summed E-state index contributed by atoms with van der Waals surface area (Å²) in [7, 11) is -0.807. The van der Waals surface area contributed by atoms with Gasteiger partial charge in [-0.15, -0.1) is 0 Å². The van der Waals surface area contributed by atoms with Crippen molar-refractivity contribution in [3.8, 4) is 11.1 Å². The molecule has 0 saturated carbocycles. The number of amides is 2. The lowest BCUT2D eigenvalue weighted by Crippen LogP contribution is -2.44. The number of hydrogen-bond acceptors (Lipinski definition) is 6. The first kappa shape index (κ1) is 40.9. The number of carbonyl (C=O) groups is 3. The Balaban J connectivity index is 1.97. The van der Waals surface area contributed by atoms with Gasteiger partial charge in [0.1, 0.15) is 24.3 Å². The fraction of sp³-hybridized carbons (Fsp3) is 0.486. The van der Waals surface area contributed by atoms with Crippen LogP contribution >= 0.6 is 21.8 Å². The van der Waals surface area contributed by atoms with Gasteiger partial charge >= 0.3 is 12.1 Å². The van der Waals surface area contributed by atoms with Gasteiger partial charge in [0.2, 0.25) is 5.91 Å². The predicted molar refractivity (Wildman–Crippen MR) is 201 cm³/mol. The first-order valence-electron chi connectivity index (χ1n) is 16.6. The van der Waals surface area contributed by atoms with Crippen LogP contribution in [-0.2, 0) is 20.9 Å². The highest BCUT2D eigenvalue weighted by atomic mass is 32.3. The predicted octanol–water partition coefficient (Wildman–Crippen LogP) is 6.74. The van der Waals surface area contributed by atoms with Crippen molar-refractivity contribution in [2.75, 3.05) is 55.7 Å². The third-order valence-corrected chi connectivity index (χ3v) is 10.4. The van der Waals surface area contributed by atoms with Gasteiger partial charge < -0.3 is 30.4 Å². The van der Waals surface area contributed by atoms with Gasteiger partial charge in [-0.3, -0.25) is 9.59 Å². The first-order chi connectivity index (χ1) is 23.5. The van der Waals surface area contributed by atoms with Crippen LogP contribution in [0, 0.1) is 17.0 Å². The van der Waals surface area contributed by atoms with Crippen molar-refractivity contribution in [3.05, 3.63) is 83.7 Å². The number of rotatable bonds is 18. The molecule has 276 valence electrons. The van der Waals surface area contributed by atoms with Crippen molar-refractivity contribution in [2.45, 2.75) is 52.2 Å². The average molecular weight is 735 g/mol. The van der Waals surface area contributed by atoms with E-state index in [1.165, 1.54) is 17.8 Å². The van der Waals surface area contributed by atoms with Crippen molar-refractivity contribution < 1.29 is 33.0 Å². The van der Waals surface area contributed by atoms with Gasteiger partial charge in [0.25, 0.3) is 0 Å². The number of nitrogens with zero attached hydrogens (tertiary/aromatic N) is 2. The topological polar surface area (TPSA) is 127 Å². The quantitative estimate of drug-likeness (QED) is 0.124. The van der Waals surface area contributed by atoms with Crippen LogP contribution in [0.4, 0.5) is 13.6 Å². The molecule has 2 atom stereocenters. The minimum Gasteiger partial charge on any atom is -0.480 e. The number of nitrogens with one attached hydrogen (secondary N) is 1. The molecule has 1 unspecified atom stereocenters. The van der Waals surface area contributed by atoms with Crippen molar-refractivity contribution in [3.63, 3.8) is 0 Å². The fourth-order valence-corrected chi connectivity index (χ4v) is 6.95. The second kappa shape index (κ2) is 18.6. The van der Waals surface area contributed by atoms with Gasteiger partial charge in [-0.1, -0.05) is 51.1 Å². The SMILES string of the molecule is CC(C)(C)[C@H](c1cc(-c2cc(F)ccc2F)cn1Cc1ccccc1)N(CCCNC(=O)OCCS(C)(C)C)C(=O)CSCCC(N)C(=O)O.